The van der Waals surface area contributed by atoms with Crippen molar-refractivity contribution in [1.82, 2.24) is 9.13 Å². The second kappa shape index (κ2) is 7.80. The van der Waals surface area contributed by atoms with E-state index in [0.717, 1.165) is 16.3 Å². The van der Waals surface area contributed by atoms with Crippen LogP contribution >= 0.6 is 11.6 Å². The number of carbonyl (C=O) groups excluding carboxylic acids is 2. The number of carbonyl (C=O) groups is 2. The SMILES string of the molecule is COC(=O)CCC(=O)n1cc(-c2cc3cc(Cl)ccc3n(C)c2=O)c2ccccc21. The third-order valence-corrected chi connectivity index (χ3v) is 5.46. The van der Waals surface area contributed by atoms with E-state index in [1.165, 1.54) is 11.7 Å². The molecule has 0 radical (unpaired) electrons. The number of aromatic nitrogens is 2. The van der Waals surface area contributed by atoms with Crippen LogP contribution in [0.3, 0.4) is 0 Å². The molecular weight excluding hydrogens is 404 g/mol. The van der Waals surface area contributed by atoms with Crippen LogP contribution in [0.1, 0.15) is 17.6 Å². The lowest BCUT2D eigenvalue weighted by Gasteiger charge is -2.09. The molecule has 2 aromatic heterocycles. The zero-order chi connectivity index (χ0) is 21.4. The fraction of sp³-hybridized carbons (Fsp3) is 0.174. The zero-order valence-electron chi connectivity index (χ0n) is 16.5. The minimum atomic E-state index is -0.444. The molecule has 152 valence electrons. The lowest BCUT2D eigenvalue weighted by atomic mass is 10.0. The number of methoxy groups -OCH3 is 1. The molecular formula is C23H19ClN2O4. The number of fused-ring (bicyclic) bond motifs is 2. The van der Waals surface area contributed by atoms with Gasteiger partial charge < -0.3 is 9.30 Å². The fourth-order valence-corrected chi connectivity index (χ4v) is 3.86. The maximum Gasteiger partial charge on any atom is 0.306 e. The van der Waals surface area contributed by atoms with Crippen molar-refractivity contribution in [3.63, 3.8) is 0 Å². The number of nitrogens with zero attached hydrogens (tertiary/aromatic N) is 2. The molecule has 0 bridgehead atoms. The van der Waals surface area contributed by atoms with Crippen LogP contribution in [0.4, 0.5) is 0 Å². The molecule has 0 unspecified atom stereocenters. The molecule has 0 spiro atoms. The monoisotopic (exact) mass is 422 g/mol. The zero-order valence-corrected chi connectivity index (χ0v) is 17.3. The molecule has 4 rings (SSSR count). The Balaban J connectivity index is 1.90. The van der Waals surface area contributed by atoms with Crippen LogP contribution in [0, 0.1) is 0 Å². The second-order valence-electron chi connectivity index (χ2n) is 7.03. The smallest absolute Gasteiger partial charge is 0.306 e. The largest absolute Gasteiger partial charge is 0.469 e. The predicted octanol–water partition coefficient (Wildman–Crippen LogP) is 4.41. The summed E-state index contributed by atoms with van der Waals surface area (Å²) in [5.41, 5.74) is 2.40. The van der Waals surface area contributed by atoms with Crippen molar-refractivity contribution in [3.05, 3.63) is 70.1 Å². The van der Waals surface area contributed by atoms with Crippen LogP contribution in [0.15, 0.2) is 59.5 Å². The number of esters is 1. The third-order valence-electron chi connectivity index (χ3n) is 5.23. The predicted molar refractivity (Wildman–Crippen MR) is 117 cm³/mol. The van der Waals surface area contributed by atoms with Gasteiger partial charge >= 0.3 is 5.97 Å². The van der Waals surface area contributed by atoms with E-state index in [1.807, 2.05) is 30.3 Å². The molecule has 0 N–H and O–H groups in total. The summed E-state index contributed by atoms with van der Waals surface area (Å²) in [6.45, 7) is 0. The van der Waals surface area contributed by atoms with E-state index in [1.54, 1.807) is 36.0 Å². The van der Waals surface area contributed by atoms with E-state index < -0.39 is 5.97 Å². The van der Waals surface area contributed by atoms with Crippen molar-refractivity contribution in [2.75, 3.05) is 7.11 Å². The second-order valence-corrected chi connectivity index (χ2v) is 7.46. The Bertz CT molecular complexity index is 1370. The summed E-state index contributed by atoms with van der Waals surface area (Å²) in [7, 11) is 3.00. The highest BCUT2D eigenvalue weighted by Gasteiger charge is 2.18. The Morgan fingerprint density at radius 1 is 1.00 bits per heavy atom. The van der Waals surface area contributed by atoms with Gasteiger partial charge in [-0.1, -0.05) is 29.8 Å². The number of halogens is 1. The lowest BCUT2D eigenvalue weighted by molar-refractivity contribution is -0.140. The maximum atomic E-state index is 13.1. The van der Waals surface area contributed by atoms with Gasteiger partial charge in [-0.05, 0) is 30.3 Å². The number of aryl methyl sites for hydroxylation is 1. The van der Waals surface area contributed by atoms with Gasteiger partial charge in [0, 0.05) is 46.6 Å². The van der Waals surface area contributed by atoms with Crippen molar-refractivity contribution in [2.45, 2.75) is 12.8 Å². The first-order valence-electron chi connectivity index (χ1n) is 9.40. The highest BCUT2D eigenvalue weighted by atomic mass is 35.5. The number of hydrogen-bond donors (Lipinski definition) is 0. The van der Waals surface area contributed by atoms with Gasteiger partial charge in [-0.2, -0.15) is 0 Å². The molecule has 30 heavy (non-hydrogen) atoms. The summed E-state index contributed by atoms with van der Waals surface area (Å²) in [5.74, 6) is -0.691. The molecule has 0 aliphatic rings. The number of pyridine rings is 1. The van der Waals surface area contributed by atoms with E-state index in [9.17, 15) is 14.4 Å². The van der Waals surface area contributed by atoms with Crippen LogP contribution in [-0.4, -0.2) is 28.1 Å². The van der Waals surface area contributed by atoms with E-state index in [4.69, 9.17) is 11.6 Å². The van der Waals surface area contributed by atoms with Crippen molar-refractivity contribution in [1.29, 1.82) is 0 Å². The summed E-state index contributed by atoms with van der Waals surface area (Å²) in [6.07, 6.45) is 1.67. The average Bonchev–Trinajstić information content (AvgIpc) is 3.13. The van der Waals surface area contributed by atoms with Gasteiger partial charge in [0.1, 0.15) is 0 Å². The van der Waals surface area contributed by atoms with Gasteiger partial charge in [0.25, 0.3) is 5.56 Å². The van der Waals surface area contributed by atoms with Crippen LogP contribution < -0.4 is 5.56 Å². The van der Waals surface area contributed by atoms with Crippen LogP contribution in [0.2, 0.25) is 5.02 Å². The molecule has 7 heteroatoms. The van der Waals surface area contributed by atoms with E-state index in [0.29, 0.717) is 21.7 Å². The van der Waals surface area contributed by atoms with Crippen molar-refractivity contribution >= 4 is 45.3 Å². The first kappa shape index (κ1) is 19.9. The summed E-state index contributed by atoms with van der Waals surface area (Å²) in [5, 5.41) is 2.18. The first-order valence-corrected chi connectivity index (χ1v) is 9.78. The summed E-state index contributed by atoms with van der Waals surface area (Å²) >= 11 is 6.15. The molecule has 2 heterocycles. The van der Waals surface area contributed by atoms with Crippen LogP contribution in [0.25, 0.3) is 32.9 Å². The van der Waals surface area contributed by atoms with Gasteiger partial charge in [-0.3, -0.25) is 19.0 Å². The molecule has 0 saturated carbocycles. The van der Waals surface area contributed by atoms with E-state index >= 15 is 0 Å². The third kappa shape index (κ3) is 3.39. The number of para-hydroxylation sites is 1. The van der Waals surface area contributed by atoms with Crippen molar-refractivity contribution in [2.24, 2.45) is 7.05 Å². The molecule has 4 aromatic rings. The number of ether oxygens (including phenoxy) is 1. The lowest BCUT2D eigenvalue weighted by Crippen LogP contribution is -2.18. The van der Waals surface area contributed by atoms with Crippen molar-refractivity contribution < 1.29 is 14.3 Å². The molecule has 0 aliphatic heterocycles. The van der Waals surface area contributed by atoms with Gasteiger partial charge in [0.2, 0.25) is 5.91 Å². The first-order chi connectivity index (χ1) is 14.4. The number of benzene rings is 2. The Labute approximate surface area is 177 Å². The molecule has 0 saturated heterocycles. The minimum absolute atomic E-state index is 0.00653. The van der Waals surface area contributed by atoms with E-state index in [-0.39, 0.29) is 24.3 Å². The molecule has 0 atom stereocenters. The quantitative estimate of drug-likeness (QED) is 0.457. The highest BCUT2D eigenvalue weighted by Crippen LogP contribution is 2.31. The maximum absolute atomic E-state index is 13.1. The summed E-state index contributed by atoms with van der Waals surface area (Å²) < 4.78 is 7.69. The Morgan fingerprint density at radius 2 is 1.77 bits per heavy atom. The molecule has 0 amide bonds. The standard InChI is InChI=1S/C23H19ClN2O4/c1-25-19-8-7-15(24)11-14(19)12-17(23(25)29)18-13-26(20-6-4-3-5-16(18)20)21(27)9-10-22(28)30-2/h3-8,11-13H,9-10H2,1-2H3. The fourth-order valence-electron chi connectivity index (χ4n) is 3.68. The highest BCUT2D eigenvalue weighted by molar-refractivity contribution is 6.31. The van der Waals surface area contributed by atoms with Gasteiger partial charge in [0.05, 0.1) is 24.6 Å². The van der Waals surface area contributed by atoms with Crippen LogP contribution in [0.5, 0.6) is 0 Å². The normalized spacial score (nSPS) is 11.2. The molecule has 6 nitrogen and oxygen atoms in total. The van der Waals surface area contributed by atoms with E-state index in [2.05, 4.69) is 4.74 Å². The van der Waals surface area contributed by atoms with Crippen LogP contribution in [-0.2, 0) is 16.6 Å². The molecule has 0 fully saturated rings. The Kier molecular flexibility index (Phi) is 5.18. The van der Waals surface area contributed by atoms with Gasteiger partial charge in [-0.25, -0.2) is 0 Å². The topological polar surface area (TPSA) is 70.3 Å². The number of rotatable bonds is 4. The Hall–Kier alpha value is -3.38. The summed E-state index contributed by atoms with van der Waals surface area (Å²) in [6, 6.07) is 14.5. The minimum Gasteiger partial charge on any atom is -0.469 e. The molecule has 0 aliphatic carbocycles. The Morgan fingerprint density at radius 3 is 2.53 bits per heavy atom. The summed E-state index contributed by atoms with van der Waals surface area (Å²) in [4.78, 5) is 37.3. The van der Waals surface area contributed by atoms with Gasteiger partial charge in [0.15, 0.2) is 0 Å². The average molecular weight is 423 g/mol. The molecule has 2 aromatic carbocycles. The number of hydrogen-bond acceptors (Lipinski definition) is 4. The van der Waals surface area contributed by atoms with Gasteiger partial charge in [-0.15, -0.1) is 0 Å². The van der Waals surface area contributed by atoms with Crippen molar-refractivity contribution in [3.8, 4) is 11.1 Å².